The highest BCUT2D eigenvalue weighted by atomic mass is 19.1. The van der Waals surface area contributed by atoms with Crippen LogP contribution in [-0.4, -0.2) is 42.0 Å². The van der Waals surface area contributed by atoms with E-state index in [1.165, 1.54) is 17.7 Å². The number of benzene rings is 1. The van der Waals surface area contributed by atoms with Gasteiger partial charge in [-0.05, 0) is 68.4 Å². The molecular formula is C20H23FN4. The molecule has 1 saturated heterocycles. The monoisotopic (exact) mass is 338 g/mol. The molecule has 1 aliphatic rings. The van der Waals surface area contributed by atoms with Crippen LogP contribution in [0.3, 0.4) is 0 Å². The van der Waals surface area contributed by atoms with Crippen molar-refractivity contribution in [3.8, 4) is 6.07 Å². The molecule has 0 spiro atoms. The summed E-state index contributed by atoms with van der Waals surface area (Å²) in [6, 6.07) is 11.0. The van der Waals surface area contributed by atoms with Crippen molar-refractivity contribution in [2.45, 2.75) is 19.0 Å². The Morgan fingerprint density at radius 2 is 2.24 bits per heavy atom. The van der Waals surface area contributed by atoms with Gasteiger partial charge in [0.1, 0.15) is 5.82 Å². The van der Waals surface area contributed by atoms with Crippen LogP contribution in [0.4, 0.5) is 4.39 Å². The third-order valence-electron chi connectivity index (χ3n) is 4.97. The molecule has 0 amide bonds. The van der Waals surface area contributed by atoms with Gasteiger partial charge in [-0.15, -0.1) is 0 Å². The molecule has 1 aromatic heterocycles. The van der Waals surface area contributed by atoms with E-state index in [4.69, 9.17) is 0 Å². The number of rotatable bonds is 5. The number of hydrogen-bond donors (Lipinski definition) is 0. The van der Waals surface area contributed by atoms with Gasteiger partial charge in [0.05, 0.1) is 11.6 Å². The Bertz CT molecular complexity index is 756. The van der Waals surface area contributed by atoms with Crippen molar-refractivity contribution in [1.29, 1.82) is 5.26 Å². The predicted molar refractivity (Wildman–Crippen MR) is 95.2 cm³/mol. The van der Waals surface area contributed by atoms with Crippen LogP contribution < -0.4 is 0 Å². The van der Waals surface area contributed by atoms with Gasteiger partial charge in [-0.1, -0.05) is 6.07 Å². The Hall–Kier alpha value is -2.29. The van der Waals surface area contributed by atoms with Crippen LogP contribution in [0.5, 0.6) is 0 Å². The second kappa shape index (κ2) is 7.73. The number of nitrogens with zero attached hydrogens (tertiary/aromatic N) is 4. The standard InChI is InChI=1S/C20H23FN4/c1-24(14-18-10-19(21)6-5-15(18)11-22)13-17-7-9-25(2)20(17)16-4-3-8-23-12-16/h3-6,8,10,12,17,20H,7,9,13-14H2,1-2H3/t17-,20-/m0/s1. The van der Waals surface area contributed by atoms with Gasteiger partial charge in [-0.3, -0.25) is 9.88 Å². The maximum absolute atomic E-state index is 13.5. The number of nitriles is 1. The van der Waals surface area contributed by atoms with E-state index < -0.39 is 0 Å². The first kappa shape index (κ1) is 17.5. The molecule has 1 aliphatic heterocycles. The average Bonchev–Trinajstić information content (AvgIpc) is 2.96. The molecule has 2 aromatic rings. The van der Waals surface area contributed by atoms with Crippen molar-refractivity contribution in [3.63, 3.8) is 0 Å². The van der Waals surface area contributed by atoms with Crippen LogP contribution in [-0.2, 0) is 6.54 Å². The first-order chi connectivity index (χ1) is 12.1. The summed E-state index contributed by atoms with van der Waals surface area (Å²) in [4.78, 5) is 8.82. The largest absolute Gasteiger partial charge is 0.302 e. The molecule has 3 rings (SSSR count). The van der Waals surface area contributed by atoms with E-state index in [0.717, 1.165) is 25.1 Å². The third-order valence-corrected chi connectivity index (χ3v) is 4.97. The fraction of sp³-hybridized carbons (Fsp3) is 0.400. The first-order valence-corrected chi connectivity index (χ1v) is 8.55. The zero-order valence-corrected chi connectivity index (χ0v) is 14.7. The Balaban J connectivity index is 1.71. The lowest BCUT2D eigenvalue weighted by Gasteiger charge is -2.28. The van der Waals surface area contributed by atoms with E-state index in [-0.39, 0.29) is 5.82 Å². The molecule has 0 saturated carbocycles. The van der Waals surface area contributed by atoms with Crippen molar-refractivity contribution >= 4 is 0 Å². The number of halogens is 1. The minimum Gasteiger partial charge on any atom is -0.302 e. The summed E-state index contributed by atoms with van der Waals surface area (Å²) in [5.74, 6) is 0.189. The molecule has 1 aromatic carbocycles. The van der Waals surface area contributed by atoms with E-state index in [9.17, 15) is 9.65 Å². The van der Waals surface area contributed by atoms with Gasteiger partial charge in [0.2, 0.25) is 0 Å². The Kier molecular flexibility index (Phi) is 5.42. The smallest absolute Gasteiger partial charge is 0.123 e. The lowest BCUT2D eigenvalue weighted by molar-refractivity contribution is 0.213. The van der Waals surface area contributed by atoms with E-state index >= 15 is 0 Å². The lowest BCUT2D eigenvalue weighted by Crippen LogP contribution is -2.30. The molecule has 2 atom stereocenters. The van der Waals surface area contributed by atoms with E-state index in [1.54, 1.807) is 12.3 Å². The van der Waals surface area contributed by atoms with Crippen LogP contribution in [0, 0.1) is 23.1 Å². The van der Waals surface area contributed by atoms with Gasteiger partial charge in [0.25, 0.3) is 0 Å². The average molecular weight is 338 g/mol. The molecule has 2 heterocycles. The highest BCUT2D eigenvalue weighted by Gasteiger charge is 2.33. The van der Waals surface area contributed by atoms with E-state index in [1.807, 2.05) is 19.3 Å². The number of aromatic nitrogens is 1. The van der Waals surface area contributed by atoms with Gasteiger partial charge < -0.3 is 4.90 Å². The molecule has 25 heavy (non-hydrogen) atoms. The second-order valence-corrected chi connectivity index (χ2v) is 6.87. The molecular weight excluding hydrogens is 315 g/mol. The van der Waals surface area contributed by atoms with Gasteiger partial charge in [0.15, 0.2) is 0 Å². The first-order valence-electron chi connectivity index (χ1n) is 8.55. The van der Waals surface area contributed by atoms with Crippen molar-refractivity contribution in [2.24, 2.45) is 5.92 Å². The summed E-state index contributed by atoms with van der Waals surface area (Å²) in [5, 5.41) is 9.23. The van der Waals surface area contributed by atoms with Crippen molar-refractivity contribution in [1.82, 2.24) is 14.8 Å². The second-order valence-electron chi connectivity index (χ2n) is 6.87. The summed E-state index contributed by atoms with van der Waals surface area (Å²) in [5.41, 5.74) is 2.53. The Labute approximate surface area is 148 Å². The summed E-state index contributed by atoms with van der Waals surface area (Å²) >= 11 is 0. The van der Waals surface area contributed by atoms with Crippen LogP contribution in [0.1, 0.15) is 29.2 Å². The summed E-state index contributed by atoms with van der Waals surface area (Å²) in [6.45, 7) is 2.52. The van der Waals surface area contributed by atoms with Gasteiger partial charge >= 0.3 is 0 Å². The predicted octanol–water partition coefficient (Wildman–Crippen LogP) is 3.22. The van der Waals surface area contributed by atoms with Crippen molar-refractivity contribution in [2.75, 3.05) is 27.2 Å². The number of hydrogen-bond acceptors (Lipinski definition) is 4. The third kappa shape index (κ3) is 4.04. The molecule has 0 radical (unpaired) electrons. The zero-order chi connectivity index (χ0) is 17.8. The van der Waals surface area contributed by atoms with Crippen molar-refractivity contribution < 1.29 is 4.39 Å². The normalized spacial score (nSPS) is 20.8. The minimum atomic E-state index is -0.295. The summed E-state index contributed by atoms with van der Waals surface area (Å²) in [7, 11) is 4.18. The highest BCUT2D eigenvalue weighted by Crippen LogP contribution is 2.36. The maximum atomic E-state index is 13.5. The summed E-state index contributed by atoms with van der Waals surface area (Å²) < 4.78 is 13.5. The van der Waals surface area contributed by atoms with Crippen LogP contribution in [0.15, 0.2) is 42.7 Å². The maximum Gasteiger partial charge on any atom is 0.123 e. The molecule has 0 N–H and O–H groups in total. The van der Waals surface area contributed by atoms with E-state index in [0.29, 0.717) is 24.1 Å². The highest BCUT2D eigenvalue weighted by molar-refractivity contribution is 5.37. The fourth-order valence-electron chi connectivity index (χ4n) is 3.85. The molecule has 4 nitrogen and oxygen atoms in total. The summed E-state index contributed by atoms with van der Waals surface area (Å²) in [6.07, 6.45) is 4.86. The SMILES string of the molecule is CN(Cc1cc(F)ccc1C#N)C[C@@H]1CCN(C)[C@H]1c1cccnc1. The quantitative estimate of drug-likeness (QED) is 0.840. The van der Waals surface area contributed by atoms with E-state index in [2.05, 4.69) is 34.0 Å². The molecule has 5 heteroatoms. The zero-order valence-electron chi connectivity index (χ0n) is 14.7. The lowest BCUT2D eigenvalue weighted by atomic mass is 9.94. The van der Waals surface area contributed by atoms with Crippen LogP contribution in [0.2, 0.25) is 0 Å². The van der Waals surface area contributed by atoms with Crippen molar-refractivity contribution in [3.05, 3.63) is 65.2 Å². The topological polar surface area (TPSA) is 43.2 Å². The molecule has 130 valence electrons. The van der Waals surface area contributed by atoms with Crippen LogP contribution in [0.25, 0.3) is 0 Å². The molecule has 0 bridgehead atoms. The molecule has 0 aliphatic carbocycles. The van der Waals surface area contributed by atoms with Gasteiger partial charge in [-0.2, -0.15) is 5.26 Å². The van der Waals surface area contributed by atoms with Crippen LogP contribution >= 0.6 is 0 Å². The van der Waals surface area contributed by atoms with Gasteiger partial charge in [-0.25, -0.2) is 4.39 Å². The van der Waals surface area contributed by atoms with Gasteiger partial charge in [0, 0.05) is 31.5 Å². The fourth-order valence-corrected chi connectivity index (χ4v) is 3.85. The molecule has 1 fully saturated rings. The number of pyridine rings is 1. The minimum absolute atomic E-state index is 0.295. The Morgan fingerprint density at radius 3 is 2.96 bits per heavy atom. The number of likely N-dealkylation sites (tertiary alicyclic amines) is 1. The Morgan fingerprint density at radius 1 is 1.40 bits per heavy atom. The molecule has 0 unspecified atom stereocenters.